The maximum absolute atomic E-state index is 14.3. The number of benzene rings is 2. The minimum atomic E-state index is -0.440. The van der Waals surface area contributed by atoms with Gasteiger partial charge in [-0.15, -0.1) is 11.3 Å². The maximum atomic E-state index is 14.3. The Morgan fingerprint density at radius 2 is 2.04 bits per heavy atom. The fraction of sp³-hybridized carbons (Fsp3) is 0.111. The van der Waals surface area contributed by atoms with Gasteiger partial charge in [-0.25, -0.2) is 9.37 Å². The summed E-state index contributed by atoms with van der Waals surface area (Å²) >= 11 is 1.38. The van der Waals surface area contributed by atoms with E-state index in [1.807, 2.05) is 24.3 Å². The van der Waals surface area contributed by atoms with Crippen molar-refractivity contribution in [2.45, 2.75) is 6.92 Å². The van der Waals surface area contributed by atoms with Crippen molar-refractivity contribution < 1.29 is 13.9 Å². The lowest BCUT2D eigenvalue weighted by Gasteiger charge is -2.06. The van der Waals surface area contributed by atoms with Gasteiger partial charge in [-0.3, -0.25) is 4.79 Å². The Bertz CT molecular complexity index is 911. The van der Waals surface area contributed by atoms with Crippen LogP contribution in [0.5, 0.6) is 5.75 Å². The zero-order valence-electron chi connectivity index (χ0n) is 13.7. The van der Waals surface area contributed by atoms with Crippen molar-refractivity contribution in [3.63, 3.8) is 0 Å². The van der Waals surface area contributed by atoms with Crippen LogP contribution in [0.1, 0.15) is 6.92 Å². The van der Waals surface area contributed by atoms with E-state index in [4.69, 9.17) is 4.74 Å². The van der Waals surface area contributed by atoms with Gasteiger partial charge in [0.1, 0.15) is 11.6 Å². The Kier molecular flexibility index (Phi) is 4.95. The normalized spacial score (nSPS) is 10.4. The zero-order valence-corrected chi connectivity index (χ0v) is 14.5. The van der Waals surface area contributed by atoms with Gasteiger partial charge < -0.3 is 15.4 Å². The number of hydrogen-bond donors (Lipinski definition) is 2. The summed E-state index contributed by atoms with van der Waals surface area (Å²) in [5, 5.41) is 8.15. The number of nitrogens with zero attached hydrogens (tertiary/aromatic N) is 1. The first-order valence-electron chi connectivity index (χ1n) is 7.49. The van der Waals surface area contributed by atoms with Crippen LogP contribution < -0.4 is 15.4 Å². The van der Waals surface area contributed by atoms with E-state index in [0.717, 1.165) is 11.4 Å². The molecule has 0 fully saturated rings. The average molecular weight is 357 g/mol. The second kappa shape index (κ2) is 7.31. The van der Waals surface area contributed by atoms with E-state index >= 15 is 0 Å². The van der Waals surface area contributed by atoms with Crippen molar-refractivity contribution in [3.8, 4) is 17.0 Å². The SMILES string of the molecule is COc1cccc(Nc2nc(-c3ccc(NC(C)=O)cc3F)cs2)c1. The number of carbonyl (C=O) groups is 1. The van der Waals surface area contributed by atoms with Crippen LogP contribution in [0.15, 0.2) is 47.8 Å². The van der Waals surface area contributed by atoms with Crippen molar-refractivity contribution in [3.05, 3.63) is 53.7 Å². The first-order valence-corrected chi connectivity index (χ1v) is 8.37. The Labute approximate surface area is 148 Å². The molecule has 0 saturated heterocycles. The summed E-state index contributed by atoms with van der Waals surface area (Å²) < 4.78 is 19.5. The summed E-state index contributed by atoms with van der Waals surface area (Å²) in [6.07, 6.45) is 0. The molecule has 5 nitrogen and oxygen atoms in total. The molecule has 1 aromatic heterocycles. The highest BCUT2D eigenvalue weighted by Crippen LogP contribution is 2.30. The second-order valence-corrected chi connectivity index (χ2v) is 6.13. The van der Waals surface area contributed by atoms with E-state index in [9.17, 15) is 9.18 Å². The maximum Gasteiger partial charge on any atom is 0.221 e. The van der Waals surface area contributed by atoms with Crippen molar-refractivity contribution >= 4 is 33.8 Å². The quantitative estimate of drug-likeness (QED) is 0.697. The van der Waals surface area contributed by atoms with Gasteiger partial charge >= 0.3 is 0 Å². The van der Waals surface area contributed by atoms with Gasteiger partial charge in [0.15, 0.2) is 5.13 Å². The van der Waals surface area contributed by atoms with Gasteiger partial charge in [-0.2, -0.15) is 0 Å². The molecular weight excluding hydrogens is 341 g/mol. The number of carbonyl (C=O) groups excluding carboxylic acids is 1. The molecule has 128 valence electrons. The number of thiazole rings is 1. The lowest BCUT2D eigenvalue weighted by molar-refractivity contribution is -0.114. The Hall–Kier alpha value is -2.93. The average Bonchev–Trinajstić information content (AvgIpc) is 3.02. The van der Waals surface area contributed by atoms with E-state index in [1.165, 1.54) is 24.3 Å². The van der Waals surface area contributed by atoms with Crippen LogP contribution in [-0.2, 0) is 4.79 Å². The molecule has 0 saturated carbocycles. The molecule has 7 heteroatoms. The van der Waals surface area contributed by atoms with Crippen LogP contribution >= 0.6 is 11.3 Å². The number of aromatic nitrogens is 1. The third-order valence-electron chi connectivity index (χ3n) is 3.39. The number of methoxy groups -OCH3 is 1. The number of ether oxygens (including phenoxy) is 1. The topological polar surface area (TPSA) is 63.2 Å². The van der Waals surface area contributed by atoms with Gasteiger partial charge in [0, 0.05) is 35.3 Å². The summed E-state index contributed by atoms with van der Waals surface area (Å²) in [6.45, 7) is 1.38. The number of nitrogens with one attached hydrogen (secondary N) is 2. The number of rotatable bonds is 5. The molecule has 25 heavy (non-hydrogen) atoms. The van der Waals surface area contributed by atoms with Crippen molar-refractivity contribution in [1.29, 1.82) is 0 Å². The standard InChI is InChI=1S/C18H16FN3O2S/c1-11(23)20-13-6-7-15(16(19)9-13)17-10-25-18(22-17)21-12-4-3-5-14(8-12)24-2/h3-10H,1-2H3,(H,20,23)(H,21,22). The monoisotopic (exact) mass is 357 g/mol. The number of halogens is 1. The largest absolute Gasteiger partial charge is 0.497 e. The number of amides is 1. The van der Waals surface area contributed by atoms with Crippen LogP contribution in [-0.4, -0.2) is 18.0 Å². The summed E-state index contributed by atoms with van der Waals surface area (Å²) in [6, 6.07) is 12.0. The third-order valence-corrected chi connectivity index (χ3v) is 4.15. The van der Waals surface area contributed by atoms with E-state index in [-0.39, 0.29) is 5.91 Å². The van der Waals surface area contributed by atoms with Crippen LogP contribution in [0.25, 0.3) is 11.3 Å². The highest BCUT2D eigenvalue weighted by atomic mass is 32.1. The summed E-state index contributed by atoms with van der Waals surface area (Å²) in [7, 11) is 1.61. The molecule has 1 amide bonds. The molecule has 0 aliphatic carbocycles. The molecule has 0 radical (unpaired) electrons. The van der Waals surface area contributed by atoms with Gasteiger partial charge in [0.2, 0.25) is 5.91 Å². The predicted octanol–water partition coefficient (Wildman–Crippen LogP) is 4.66. The zero-order chi connectivity index (χ0) is 17.8. The summed E-state index contributed by atoms with van der Waals surface area (Å²) in [5.74, 6) is 0.0523. The van der Waals surface area contributed by atoms with Crippen LogP contribution in [0.2, 0.25) is 0 Å². The number of anilines is 3. The molecule has 1 heterocycles. The highest BCUT2D eigenvalue weighted by molar-refractivity contribution is 7.14. The second-order valence-electron chi connectivity index (χ2n) is 5.27. The minimum absolute atomic E-state index is 0.245. The van der Waals surface area contributed by atoms with E-state index in [1.54, 1.807) is 24.6 Å². The number of hydrogen-bond acceptors (Lipinski definition) is 5. The molecular formula is C18H16FN3O2S. The van der Waals surface area contributed by atoms with E-state index < -0.39 is 5.82 Å². The molecule has 0 atom stereocenters. The molecule has 2 aromatic carbocycles. The molecule has 0 aliphatic rings. The molecule has 2 N–H and O–H groups in total. The first kappa shape index (κ1) is 16.9. The Balaban J connectivity index is 1.80. The Morgan fingerprint density at radius 3 is 2.76 bits per heavy atom. The van der Waals surface area contributed by atoms with Crippen molar-refractivity contribution in [1.82, 2.24) is 4.98 Å². The lowest BCUT2D eigenvalue weighted by atomic mass is 10.1. The predicted molar refractivity (Wildman–Crippen MR) is 98.1 cm³/mol. The van der Waals surface area contributed by atoms with Crippen LogP contribution in [0, 0.1) is 5.82 Å². The smallest absolute Gasteiger partial charge is 0.221 e. The van der Waals surface area contributed by atoms with Gasteiger partial charge in [0.25, 0.3) is 0 Å². The minimum Gasteiger partial charge on any atom is -0.497 e. The lowest BCUT2D eigenvalue weighted by Crippen LogP contribution is -2.05. The fourth-order valence-corrected chi connectivity index (χ4v) is 3.01. The molecule has 0 spiro atoms. The third kappa shape index (κ3) is 4.13. The molecule has 0 bridgehead atoms. The van der Waals surface area contributed by atoms with E-state index in [2.05, 4.69) is 15.6 Å². The summed E-state index contributed by atoms with van der Waals surface area (Å²) in [4.78, 5) is 15.5. The Morgan fingerprint density at radius 1 is 1.20 bits per heavy atom. The highest BCUT2D eigenvalue weighted by Gasteiger charge is 2.11. The molecule has 0 aliphatic heterocycles. The van der Waals surface area contributed by atoms with Gasteiger partial charge in [-0.1, -0.05) is 6.07 Å². The van der Waals surface area contributed by atoms with Crippen molar-refractivity contribution in [2.24, 2.45) is 0 Å². The fourth-order valence-electron chi connectivity index (χ4n) is 2.28. The molecule has 3 aromatic rings. The van der Waals surface area contributed by atoms with Crippen LogP contribution in [0.3, 0.4) is 0 Å². The van der Waals surface area contributed by atoms with Crippen molar-refractivity contribution in [2.75, 3.05) is 17.7 Å². The first-order chi connectivity index (χ1) is 12.0. The van der Waals surface area contributed by atoms with Gasteiger partial charge in [-0.05, 0) is 30.3 Å². The van der Waals surface area contributed by atoms with Crippen LogP contribution in [0.4, 0.5) is 20.9 Å². The molecule has 0 unspecified atom stereocenters. The summed E-state index contributed by atoms with van der Waals surface area (Å²) in [5.41, 5.74) is 2.16. The van der Waals surface area contributed by atoms with E-state index in [0.29, 0.717) is 22.1 Å². The van der Waals surface area contributed by atoms with Gasteiger partial charge in [0.05, 0.1) is 12.8 Å². The molecule has 3 rings (SSSR count).